The molecule has 0 bridgehead atoms. The quantitative estimate of drug-likeness (QED) is 0.699. The van der Waals surface area contributed by atoms with E-state index in [9.17, 15) is 18.0 Å². The van der Waals surface area contributed by atoms with Crippen LogP contribution in [0.1, 0.15) is 20.7 Å². The summed E-state index contributed by atoms with van der Waals surface area (Å²) in [6.07, 6.45) is 0. The van der Waals surface area contributed by atoms with Gasteiger partial charge in [0.15, 0.2) is 0 Å². The summed E-state index contributed by atoms with van der Waals surface area (Å²) < 4.78 is 27.3. The third kappa shape index (κ3) is 2.69. The number of hydrogen-bond donors (Lipinski definition) is 1. The molecule has 1 N–H and O–H groups in total. The molecule has 0 atom stereocenters. The number of benzene rings is 2. The first kappa shape index (κ1) is 16.5. The van der Waals surface area contributed by atoms with Crippen molar-refractivity contribution >= 4 is 43.9 Å². The lowest BCUT2D eigenvalue weighted by atomic mass is 10.1. The molecule has 2 amide bonds. The van der Waals surface area contributed by atoms with E-state index >= 15 is 0 Å². The number of rotatable bonds is 4. The zero-order valence-electron chi connectivity index (χ0n) is 13.2. The standard InChI is InChI=1S/C18H12N2O4S2/c21-17-14-4-1-2-5-15(14)18(22)20(17)12-7-9-13(10-8-12)26(23,24)19-16-6-3-11-25-16/h1-11,19H. The van der Waals surface area contributed by atoms with E-state index in [4.69, 9.17) is 0 Å². The Bertz CT molecular complexity index is 1070. The van der Waals surface area contributed by atoms with Gasteiger partial charge in [0, 0.05) is 0 Å². The van der Waals surface area contributed by atoms with Gasteiger partial charge < -0.3 is 0 Å². The number of nitrogens with zero attached hydrogens (tertiary/aromatic N) is 1. The second-order valence-electron chi connectivity index (χ2n) is 5.57. The molecule has 0 spiro atoms. The summed E-state index contributed by atoms with van der Waals surface area (Å²) in [5.74, 6) is -0.837. The summed E-state index contributed by atoms with van der Waals surface area (Å²) >= 11 is 1.27. The van der Waals surface area contributed by atoms with E-state index in [0.29, 0.717) is 21.8 Å². The highest BCUT2D eigenvalue weighted by Gasteiger charge is 2.36. The average molecular weight is 384 g/mol. The molecular weight excluding hydrogens is 372 g/mol. The normalized spacial score (nSPS) is 13.8. The summed E-state index contributed by atoms with van der Waals surface area (Å²) in [4.78, 5) is 26.1. The van der Waals surface area contributed by atoms with Crippen LogP contribution in [-0.2, 0) is 10.0 Å². The highest BCUT2D eigenvalue weighted by molar-refractivity contribution is 7.93. The molecule has 2 aromatic carbocycles. The molecule has 4 rings (SSSR count). The van der Waals surface area contributed by atoms with E-state index in [2.05, 4.69) is 4.72 Å². The molecule has 1 aromatic heterocycles. The van der Waals surface area contributed by atoms with Crippen molar-refractivity contribution in [1.29, 1.82) is 0 Å². The van der Waals surface area contributed by atoms with Crippen LogP contribution in [0.3, 0.4) is 0 Å². The lowest BCUT2D eigenvalue weighted by molar-refractivity contribution is 0.0926. The first-order chi connectivity index (χ1) is 12.5. The van der Waals surface area contributed by atoms with Crippen LogP contribution in [0.25, 0.3) is 0 Å². The van der Waals surface area contributed by atoms with Crippen molar-refractivity contribution in [3.63, 3.8) is 0 Å². The van der Waals surface area contributed by atoms with Gasteiger partial charge in [-0.25, -0.2) is 13.3 Å². The fourth-order valence-electron chi connectivity index (χ4n) is 2.73. The Morgan fingerprint density at radius 2 is 1.42 bits per heavy atom. The third-order valence-electron chi connectivity index (χ3n) is 3.96. The Hall–Kier alpha value is -2.97. The first-order valence-corrected chi connectivity index (χ1v) is 9.98. The minimum Gasteiger partial charge on any atom is -0.270 e. The van der Waals surface area contributed by atoms with Crippen LogP contribution in [0, 0.1) is 0 Å². The molecule has 2 heterocycles. The van der Waals surface area contributed by atoms with Gasteiger partial charge in [0.2, 0.25) is 0 Å². The van der Waals surface area contributed by atoms with Crippen LogP contribution >= 0.6 is 11.3 Å². The van der Waals surface area contributed by atoms with Crippen molar-refractivity contribution in [2.75, 3.05) is 9.62 Å². The fraction of sp³-hybridized carbons (Fsp3) is 0. The van der Waals surface area contributed by atoms with Crippen molar-refractivity contribution in [3.8, 4) is 0 Å². The Morgan fingerprint density at radius 3 is 1.96 bits per heavy atom. The molecule has 3 aromatic rings. The Labute approximate surface area is 153 Å². The minimum absolute atomic E-state index is 0.0475. The molecule has 6 nitrogen and oxygen atoms in total. The number of hydrogen-bond acceptors (Lipinski definition) is 5. The van der Waals surface area contributed by atoms with Gasteiger partial charge in [0.05, 0.1) is 21.7 Å². The van der Waals surface area contributed by atoms with Gasteiger partial charge in [-0.15, -0.1) is 11.3 Å². The summed E-state index contributed by atoms with van der Waals surface area (Å²) in [5, 5.41) is 2.28. The third-order valence-corrected chi connectivity index (χ3v) is 6.25. The van der Waals surface area contributed by atoms with Gasteiger partial charge in [-0.2, -0.15) is 0 Å². The topological polar surface area (TPSA) is 83.6 Å². The van der Waals surface area contributed by atoms with Crippen molar-refractivity contribution in [3.05, 3.63) is 77.2 Å². The summed E-state index contributed by atoms with van der Waals surface area (Å²) in [5.41, 5.74) is 1.01. The number of carbonyl (C=O) groups is 2. The highest BCUT2D eigenvalue weighted by atomic mass is 32.2. The molecular formula is C18H12N2O4S2. The molecule has 0 aliphatic carbocycles. The maximum absolute atomic E-state index is 12.5. The van der Waals surface area contributed by atoms with Crippen LogP contribution in [0.4, 0.5) is 10.7 Å². The van der Waals surface area contributed by atoms with Gasteiger partial charge in [-0.05, 0) is 53.9 Å². The van der Waals surface area contributed by atoms with Crippen molar-refractivity contribution in [1.82, 2.24) is 0 Å². The second-order valence-corrected chi connectivity index (χ2v) is 8.20. The molecule has 0 saturated carbocycles. The van der Waals surface area contributed by atoms with Crippen molar-refractivity contribution in [2.45, 2.75) is 4.90 Å². The molecule has 0 saturated heterocycles. The number of carbonyl (C=O) groups excluding carboxylic acids is 2. The zero-order chi connectivity index (χ0) is 18.3. The minimum atomic E-state index is -3.73. The number of imide groups is 1. The van der Waals surface area contributed by atoms with Crippen LogP contribution in [0.2, 0.25) is 0 Å². The van der Waals surface area contributed by atoms with Gasteiger partial charge in [-0.3, -0.25) is 14.3 Å². The smallest absolute Gasteiger partial charge is 0.266 e. The maximum Gasteiger partial charge on any atom is 0.266 e. The first-order valence-electron chi connectivity index (χ1n) is 7.61. The SMILES string of the molecule is O=C1c2ccccc2C(=O)N1c1ccc(S(=O)(=O)Nc2cccs2)cc1. The predicted octanol–water partition coefficient (Wildman–Crippen LogP) is 3.35. The van der Waals surface area contributed by atoms with Crippen LogP contribution in [0.15, 0.2) is 70.9 Å². The van der Waals surface area contributed by atoms with Crippen LogP contribution in [-0.4, -0.2) is 20.2 Å². The number of amides is 2. The fourth-order valence-corrected chi connectivity index (χ4v) is 4.65. The van der Waals surface area contributed by atoms with Gasteiger partial charge in [0.1, 0.15) is 5.00 Å². The molecule has 1 aliphatic rings. The summed E-state index contributed by atoms with van der Waals surface area (Å²) in [7, 11) is -3.73. The van der Waals surface area contributed by atoms with Gasteiger partial charge >= 0.3 is 0 Å². The number of thiophene rings is 1. The zero-order valence-corrected chi connectivity index (χ0v) is 14.9. The van der Waals surface area contributed by atoms with Crippen LogP contribution in [0.5, 0.6) is 0 Å². The molecule has 1 aliphatic heterocycles. The Balaban J connectivity index is 1.63. The van der Waals surface area contributed by atoms with E-state index in [0.717, 1.165) is 4.90 Å². The predicted molar refractivity (Wildman–Crippen MR) is 99.2 cm³/mol. The van der Waals surface area contributed by atoms with E-state index in [1.54, 1.807) is 41.8 Å². The molecule has 26 heavy (non-hydrogen) atoms. The maximum atomic E-state index is 12.5. The molecule has 130 valence electrons. The number of nitrogens with one attached hydrogen (secondary N) is 1. The van der Waals surface area contributed by atoms with Crippen LogP contribution < -0.4 is 9.62 Å². The van der Waals surface area contributed by atoms with Crippen molar-refractivity contribution in [2.24, 2.45) is 0 Å². The van der Waals surface area contributed by atoms with Crippen molar-refractivity contribution < 1.29 is 18.0 Å². The number of anilines is 2. The van der Waals surface area contributed by atoms with E-state index in [-0.39, 0.29) is 4.90 Å². The Kier molecular flexibility index (Phi) is 3.86. The lowest BCUT2D eigenvalue weighted by Gasteiger charge is -2.14. The Morgan fingerprint density at radius 1 is 0.808 bits per heavy atom. The van der Waals surface area contributed by atoms with Gasteiger partial charge in [0.25, 0.3) is 21.8 Å². The highest BCUT2D eigenvalue weighted by Crippen LogP contribution is 2.29. The van der Waals surface area contributed by atoms with E-state index in [1.165, 1.54) is 35.6 Å². The molecule has 0 radical (unpaired) electrons. The second kappa shape index (κ2) is 6.08. The average Bonchev–Trinajstić information content (AvgIpc) is 3.22. The largest absolute Gasteiger partial charge is 0.270 e. The monoisotopic (exact) mass is 384 g/mol. The molecule has 0 unspecified atom stereocenters. The lowest BCUT2D eigenvalue weighted by Crippen LogP contribution is -2.29. The van der Waals surface area contributed by atoms with E-state index in [1.807, 2.05) is 0 Å². The number of sulfonamides is 1. The van der Waals surface area contributed by atoms with E-state index < -0.39 is 21.8 Å². The molecule has 8 heteroatoms. The number of fused-ring (bicyclic) bond motifs is 1. The van der Waals surface area contributed by atoms with Gasteiger partial charge in [-0.1, -0.05) is 12.1 Å². The summed E-state index contributed by atoms with van der Waals surface area (Å²) in [6, 6.07) is 15.6. The summed E-state index contributed by atoms with van der Waals surface area (Å²) in [6.45, 7) is 0. The molecule has 0 fully saturated rings.